The molecule has 2 N–H and O–H groups in total. The van der Waals surface area contributed by atoms with E-state index in [9.17, 15) is 9.59 Å². The summed E-state index contributed by atoms with van der Waals surface area (Å²) in [6.07, 6.45) is 3.10. The van der Waals surface area contributed by atoms with Gasteiger partial charge in [0.1, 0.15) is 6.04 Å². The summed E-state index contributed by atoms with van der Waals surface area (Å²) in [6, 6.07) is 1.03. The Balaban J connectivity index is 2.95. The lowest BCUT2D eigenvalue weighted by atomic mass is 10.2. The summed E-state index contributed by atoms with van der Waals surface area (Å²) >= 11 is 0. The number of aromatic nitrogens is 1. The van der Waals surface area contributed by atoms with Gasteiger partial charge < -0.3 is 15.2 Å². The van der Waals surface area contributed by atoms with Gasteiger partial charge >= 0.3 is 0 Å². The summed E-state index contributed by atoms with van der Waals surface area (Å²) in [4.78, 5) is 25.0. The third-order valence-electron chi connectivity index (χ3n) is 2.85. The summed E-state index contributed by atoms with van der Waals surface area (Å²) in [6.45, 7) is 7.02. The molecule has 1 amide bonds. The Morgan fingerprint density at radius 3 is 2.53 bits per heavy atom. The highest BCUT2D eigenvalue weighted by Gasteiger charge is 2.18. The number of amides is 1. The van der Waals surface area contributed by atoms with E-state index in [4.69, 9.17) is 5.73 Å². The highest BCUT2D eigenvalue weighted by Crippen LogP contribution is 2.10. The maximum Gasteiger partial charge on any atom is 0.245 e. The normalized spacial score (nSPS) is 12.2. The molecule has 5 heteroatoms. The average molecular weight is 237 g/mol. The van der Waals surface area contributed by atoms with Gasteiger partial charge in [-0.2, -0.15) is 0 Å². The standard InChI is InChI=1S/C12H19N3O2/c1-4-14(5-2)12(17)9(3)15-7-6-11(16)10(13)8-15/h6-9H,4-5,13H2,1-3H3. The van der Waals surface area contributed by atoms with E-state index in [1.807, 2.05) is 13.8 Å². The minimum atomic E-state index is -0.349. The second kappa shape index (κ2) is 5.52. The first-order valence-electron chi connectivity index (χ1n) is 5.77. The van der Waals surface area contributed by atoms with Crippen LogP contribution in [0.5, 0.6) is 0 Å². The van der Waals surface area contributed by atoms with Crippen LogP contribution in [0.15, 0.2) is 23.3 Å². The number of hydrogen-bond acceptors (Lipinski definition) is 3. The molecule has 0 radical (unpaired) electrons. The van der Waals surface area contributed by atoms with Crippen LogP contribution in [0, 0.1) is 0 Å². The van der Waals surface area contributed by atoms with Crippen LogP contribution in [0.3, 0.4) is 0 Å². The van der Waals surface area contributed by atoms with Crippen molar-refractivity contribution in [1.29, 1.82) is 0 Å². The Morgan fingerprint density at radius 1 is 1.47 bits per heavy atom. The second-order valence-electron chi connectivity index (χ2n) is 3.90. The summed E-state index contributed by atoms with van der Waals surface area (Å²) in [5.41, 5.74) is 5.48. The minimum Gasteiger partial charge on any atom is -0.394 e. The lowest BCUT2D eigenvalue weighted by Gasteiger charge is -2.24. The molecule has 0 aliphatic heterocycles. The van der Waals surface area contributed by atoms with Crippen LogP contribution in [0.25, 0.3) is 0 Å². The first-order chi connectivity index (χ1) is 8.01. The molecule has 17 heavy (non-hydrogen) atoms. The average Bonchev–Trinajstić information content (AvgIpc) is 2.33. The van der Waals surface area contributed by atoms with Crippen LogP contribution in [-0.4, -0.2) is 28.5 Å². The van der Waals surface area contributed by atoms with Crippen LogP contribution in [0.2, 0.25) is 0 Å². The van der Waals surface area contributed by atoms with Crippen molar-refractivity contribution in [3.8, 4) is 0 Å². The Bertz CT molecular complexity index is 449. The number of carbonyl (C=O) groups is 1. The molecule has 1 atom stereocenters. The minimum absolute atomic E-state index is 0.0260. The molecule has 0 fully saturated rings. The molecule has 1 aromatic rings. The summed E-state index contributed by atoms with van der Waals surface area (Å²) < 4.78 is 1.66. The van der Waals surface area contributed by atoms with E-state index < -0.39 is 0 Å². The van der Waals surface area contributed by atoms with Gasteiger partial charge in [-0.25, -0.2) is 0 Å². The zero-order valence-corrected chi connectivity index (χ0v) is 10.5. The molecule has 94 valence electrons. The maximum absolute atomic E-state index is 12.1. The molecule has 0 bridgehead atoms. The van der Waals surface area contributed by atoms with Crippen molar-refractivity contribution in [2.24, 2.45) is 0 Å². The van der Waals surface area contributed by atoms with E-state index in [-0.39, 0.29) is 23.1 Å². The van der Waals surface area contributed by atoms with Crippen LogP contribution < -0.4 is 11.2 Å². The number of anilines is 1. The van der Waals surface area contributed by atoms with Crippen molar-refractivity contribution in [1.82, 2.24) is 9.47 Å². The molecule has 1 rings (SSSR count). The first-order valence-corrected chi connectivity index (χ1v) is 5.77. The van der Waals surface area contributed by atoms with E-state index in [2.05, 4.69) is 0 Å². The van der Waals surface area contributed by atoms with E-state index in [0.717, 1.165) is 0 Å². The number of nitrogens with two attached hydrogens (primary N) is 1. The zero-order chi connectivity index (χ0) is 13.0. The number of nitrogen functional groups attached to an aromatic ring is 1. The molecule has 1 heterocycles. The number of carbonyl (C=O) groups excluding carboxylic acids is 1. The van der Waals surface area contributed by atoms with Crippen molar-refractivity contribution in [3.63, 3.8) is 0 Å². The fourth-order valence-corrected chi connectivity index (χ4v) is 1.69. The topological polar surface area (TPSA) is 68.3 Å². The second-order valence-corrected chi connectivity index (χ2v) is 3.90. The van der Waals surface area contributed by atoms with Gasteiger partial charge in [-0.1, -0.05) is 0 Å². The molecule has 0 aliphatic rings. The largest absolute Gasteiger partial charge is 0.394 e. The fraction of sp³-hybridized carbons (Fsp3) is 0.500. The van der Waals surface area contributed by atoms with Crippen molar-refractivity contribution in [2.75, 3.05) is 18.8 Å². The van der Waals surface area contributed by atoms with Gasteiger partial charge in [0.05, 0.1) is 5.69 Å². The van der Waals surface area contributed by atoms with Gasteiger partial charge in [0.25, 0.3) is 0 Å². The quantitative estimate of drug-likeness (QED) is 0.844. The number of rotatable bonds is 4. The Kier molecular flexibility index (Phi) is 4.31. The molecule has 1 aromatic heterocycles. The molecule has 5 nitrogen and oxygen atoms in total. The first kappa shape index (κ1) is 13.3. The highest BCUT2D eigenvalue weighted by atomic mass is 16.2. The van der Waals surface area contributed by atoms with E-state index >= 15 is 0 Å². The van der Waals surface area contributed by atoms with Gasteiger partial charge in [-0.15, -0.1) is 0 Å². The van der Waals surface area contributed by atoms with Crippen molar-refractivity contribution >= 4 is 11.6 Å². The van der Waals surface area contributed by atoms with Crippen molar-refractivity contribution in [2.45, 2.75) is 26.8 Å². The lowest BCUT2D eigenvalue weighted by molar-refractivity contribution is -0.133. The zero-order valence-electron chi connectivity index (χ0n) is 10.5. The van der Waals surface area contributed by atoms with Crippen molar-refractivity contribution in [3.05, 3.63) is 28.7 Å². The Labute approximate surface area is 101 Å². The van der Waals surface area contributed by atoms with Crippen LogP contribution >= 0.6 is 0 Å². The van der Waals surface area contributed by atoms with Crippen molar-refractivity contribution < 1.29 is 4.79 Å². The van der Waals surface area contributed by atoms with Gasteiger partial charge in [0.2, 0.25) is 11.3 Å². The lowest BCUT2D eigenvalue weighted by Crippen LogP contribution is -2.36. The highest BCUT2D eigenvalue weighted by molar-refractivity contribution is 5.80. The number of likely N-dealkylation sites (N-methyl/N-ethyl adjacent to an activating group) is 1. The van der Waals surface area contributed by atoms with E-state index in [1.54, 1.807) is 22.6 Å². The molecule has 0 saturated heterocycles. The monoisotopic (exact) mass is 237 g/mol. The number of nitrogens with zero attached hydrogens (tertiary/aromatic N) is 2. The molecule has 0 spiro atoms. The molecule has 0 aliphatic carbocycles. The third-order valence-corrected chi connectivity index (χ3v) is 2.85. The summed E-state index contributed by atoms with van der Waals surface area (Å²) in [5, 5.41) is 0. The SMILES string of the molecule is CCN(CC)C(=O)C(C)n1ccc(=O)c(N)c1. The van der Waals surface area contributed by atoms with Gasteiger partial charge in [0, 0.05) is 31.5 Å². The molecule has 1 unspecified atom stereocenters. The number of hydrogen-bond donors (Lipinski definition) is 1. The maximum atomic E-state index is 12.1. The van der Waals surface area contributed by atoms with Gasteiger partial charge in [-0.3, -0.25) is 9.59 Å². The van der Waals surface area contributed by atoms with Gasteiger partial charge in [-0.05, 0) is 20.8 Å². The van der Waals surface area contributed by atoms with Gasteiger partial charge in [0.15, 0.2) is 0 Å². The number of pyridine rings is 1. The predicted octanol–water partition coefficient (Wildman–Crippen LogP) is 0.860. The Hall–Kier alpha value is -1.78. The van der Waals surface area contributed by atoms with E-state index in [0.29, 0.717) is 13.1 Å². The molecular weight excluding hydrogens is 218 g/mol. The predicted molar refractivity (Wildman–Crippen MR) is 67.8 cm³/mol. The third kappa shape index (κ3) is 2.87. The summed E-state index contributed by atoms with van der Waals surface area (Å²) in [5.74, 6) is 0.0260. The Morgan fingerprint density at radius 2 is 2.06 bits per heavy atom. The fourth-order valence-electron chi connectivity index (χ4n) is 1.69. The van der Waals surface area contributed by atoms with Crippen LogP contribution in [0.4, 0.5) is 5.69 Å². The molecular formula is C12H19N3O2. The smallest absolute Gasteiger partial charge is 0.245 e. The molecule has 0 aromatic carbocycles. The van der Waals surface area contributed by atoms with Crippen LogP contribution in [0.1, 0.15) is 26.8 Å². The summed E-state index contributed by atoms with van der Waals surface area (Å²) in [7, 11) is 0. The van der Waals surface area contributed by atoms with Crippen LogP contribution in [-0.2, 0) is 4.79 Å². The van der Waals surface area contributed by atoms with E-state index in [1.165, 1.54) is 12.3 Å². The molecule has 0 saturated carbocycles.